The smallest absolute Gasteiger partial charge is 0.768 e. The monoisotopic (exact) mass is 236 g/mol. The quantitative estimate of drug-likeness (QED) is 0.339. The van der Waals surface area contributed by atoms with E-state index in [0.29, 0.717) is 5.56 Å². The first-order chi connectivity index (χ1) is 6.54. The molecule has 0 aliphatic rings. The Bertz CT molecular complexity index is 392. The minimum Gasteiger partial charge on any atom is -0.768 e. The maximum Gasteiger partial charge on any atom is 1.00 e. The summed E-state index contributed by atoms with van der Waals surface area (Å²) in [6.45, 7) is 1.71. The molecule has 0 bridgehead atoms. The van der Waals surface area contributed by atoms with Crippen molar-refractivity contribution in [3.05, 3.63) is 29.3 Å². The van der Waals surface area contributed by atoms with E-state index in [4.69, 9.17) is 0 Å². The van der Waals surface area contributed by atoms with Crippen molar-refractivity contribution in [2.75, 3.05) is 7.11 Å². The van der Waals surface area contributed by atoms with Crippen LogP contribution < -0.4 is 29.6 Å². The Morgan fingerprint density at radius 2 is 2.00 bits per heavy atom. The molecule has 1 rings (SSSR count). The largest absolute Gasteiger partial charge is 1.00 e. The number of esters is 1. The van der Waals surface area contributed by atoms with Crippen LogP contribution in [0.5, 0.6) is 0 Å². The first-order valence-corrected chi connectivity index (χ1v) is 4.91. The molecule has 6 heteroatoms. The van der Waals surface area contributed by atoms with Gasteiger partial charge in [-0.25, -0.2) is 4.79 Å². The molecule has 0 fully saturated rings. The average Bonchev–Trinajstić information content (AvgIpc) is 2.15. The fourth-order valence-electron chi connectivity index (χ4n) is 1.08. The second kappa shape index (κ2) is 6.40. The molecular weight excluding hydrogens is 227 g/mol. The number of methoxy groups -OCH3 is 1. The summed E-state index contributed by atoms with van der Waals surface area (Å²) in [5.74, 6) is -0.541. The molecule has 1 unspecified atom stereocenters. The van der Waals surface area contributed by atoms with E-state index in [9.17, 15) is 13.6 Å². The molecular formula is C9H9NaO4S. The number of benzene rings is 1. The zero-order valence-electron chi connectivity index (χ0n) is 8.77. The van der Waals surface area contributed by atoms with Gasteiger partial charge in [0.1, 0.15) is 0 Å². The summed E-state index contributed by atoms with van der Waals surface area (Å²) >= 11 is -2.33. The molecule has 0 aromatic heterocycles. The minimum absolute atomic E-state index is 0. The number of ether oxygens (including phenoxy) is 1. The predicted molar refractivity (Wildman–Crippen MR) is 49.7 cm³/mol. The first-order valence-electron chi connectivity index (χ1n) is 3.84. The fourth-order valence-corrected chi connectivity index (χ4v) is 1.59. The van der Waals surface area contributed by atoms with Gasteiger partial charge < -0.3 is 9.29 Å². The molecule has 0 aliphatic carbocycles. The van der Waals surface area contributed by atoms with Crippen molar-refractivity contribution in [1.82, 2.24) is 0 Å². The van der Waals surface area contributed by atoms with Crippen LogP contribution in [0.25, 0.3) is 0 Å². The van der Waals surface area contributed by atoms with Gasteiger partial charge in [-0.1, -0.05) is 0 Å². The summed E-state index contributed by atoms with van der Waals surface area (Å²) in [5, 5.41) is 0. The van der Waals surface area contributed by atoms with Gasteiger partial charge in [-0.2, -0.15) is 0 Å². The molecule has 1 atom stereocenters. The molecule has 1 aromatic rings. The van der Waals surface area contributed by atoms with Crippen molar-refractivity contribution in [3.8, 4) is 0 Å². The molecule has 0 N–H and O–H groups in total. The zero-order chi connectivity index (χ0) is 10.7. The Morgan fingerprint density at radius 3 is 2.47 bits per heavy atom. The predicted octanol–water partition coefficient (Wildman–Crippen LogP) is -1.98. The van der Waals surface area contributed by atoms with Crippen molar-refractivity contribution in [1.29, 1.82) is 0 Å². The van der Waals surface area contributed by atoms with Crippen LogP contribution in [-0.2, 0) is 15.8 Å². The van der Waals surface area contributed by atoms with Gasteiger partial charge >= 0.3 is 35.5 Å². The van der Waals surface area contributed by atoms with Crippen molar-refractivity contribution < 1.29 is 47.9 Å². The summed E-state index contributed by atoms with van der Waals surface area (Å²) in [7, 11) is 1.25. The van der Waals surface area contributed by atoms with Gasteiger partial charge in [0.05, 0.1) is 12.7 Å². The topological polar surface area (TPSA) is 66.4 Å². The van der Waals surface area contributed by atoms with Crippen LogP contribution in [0, 0.1) is 6.92 Å². The van der Waals surface area contributed by atoms with Crippen molar-refractivity contribution in [2.45, 2.75) is 11.8 Å². The van der Waals surface area contributed by atoms with Crippen LogP contribution in [0.4, 0.5) is 0 Å². The van der Waals surface area contributed by atoms with E-state index in [1.165, 1.54) is 19.2 Å². The molecule has 0 saturated heterocycles. The van der Waals surface area contributed by atoms with E-state index in [1.54, 1.807) is 13.0 Å². The minimum atomic E-state index is -2.33. The van der Waals surface area contributed by atoms with Gasteiger partial charge in [-0.15, -0.1) is 0 Å². The Balaban J connectivity index is 0.00000196. The normalized spacial score (nSPS) is 11.4. The number of hydrogen-bond acceptors (Lipinski definition) is 4. The molecule has 76 valence electrons. The van der Waals surface area contributed by atoms with E-state index < -0.39 is 17.0 Å². The van der Waals surface area contributed by atoms with Gasteiger partial charge in [-0.05, 0) is 41.8 Å². The number of carbonyl (C=O) groups is 1. The molecule has 0 amide bonds. The first kappa shape index (κ1) is 14.8. The van der Waals surface area contributed by atoms with Crippen molar-refractivity contribution >= 4 is 17.0 Å². The van der Waals surface area contributed by atoms with Crippen LogP contribution in [0.1, 0.15) is 15.9 Å². The van der Waals surface area contributed by atoms with Gasteiger partial charge in [0.25, 0.3) is 0 Å². The van der Waals surface area contributed by atoms with Gasteiger partial charge in [0, 0.05) is 4.90 Å². The van der Waals surface area contributed by atoms with Crippen molar-refractivity contribution in [2.24, 2.45) is 0 Å². The molecule has 0 aliphatic heterocycles. The molecule has 4 nitrogen and oxygen atoms in total. The van der Waals surface area contributed by atoms with E-state index in [2.05, 4.69) is 4.74 Å². The van der Waals surface area contributed by atoms with Crippen molar-refractivity contribution in [3.63, 3.8) is 0 Å². The fraction of sp³-hybridized carbons (Fsp3) is 0.222. The Kier molecular flexibility index (Phi) is 6.31. The average molecular weight is 236 g/mol. The van der Waals surface area contributed by atoms with E-state index >= 15 is 0 Å². The molecule has 15 heavy (non-hydrogen) atoms. The Labute approximate surface area is 113 Å². The number of carbonyl (C=O) groups excluding carboxylic acids is 1. The SMILES string of the molecule is COC(=O)c1cc(C)cc(S(=O)[O-])c1.[Na+]. The van der Waals surface area contributed by atoms with Crippen LogP contribution in [0.15, 0.2) is 23.1 Å². The third-order valence-electron chi connectivity index (χ3n) is 1.66. The van der Waals surface area contributed by atoms with E-state index in [0.717, 1.165) is 0 Å². The van der Waals surface area contributed by atoms with Gasteiger partial charge in [-0.3, -0.25) is 4.21 Å². The second-order valence-corrected chi connectivity index (χ2v) is 3.70. The summed E-state index contributed by atoms with van der Waals surface area (Å²) in [4.78, 5) is 11.2. The van der Waals surface area contributed by atoms with E-state index in [1.807, 2.05) is 0 Å². The van der Waals surface area contributed by atoms with Gasteiger partial charge in [0.2, 0.25) is 0 Å². The summed E-state index contributed by atoms with van der Waals surface area (Å²) < 4.78 is 25.8. The van der Waals surface area contributed by atoms with Crippen LogP contribution in [-0.4, -0.2) is 21.8 Å². The van der Waals surface area contributed by atoms with Crippen LogP contribution in [0.3, 0.4) is 0 Å². The maximum absolute atomic E-state index is 11.1. The van der Waals surface area contributed by atoms with Crippen LogP contribution >= 0.6 is 0 Å². The Morgan fingerprint density at radius 1 is 1.40 bits per heavy atom. The number of hydrogen-bond donors (Lipinski definition) is 0. The Hall–Kier alpha value is -0.200. The number of aryl methyl sites for hydroxylation is 1. The van der Waals surface area contributed by atoms with Gasteiger partial charge in [0.15, 0.2) is 0 Å². The molecule has 0 saturated carbocycles. The molecule has 0 spiro atoms. The van der Waals surface area contributed by atoms with E-state index in [-0.39, 0.29) is 40.0 Å². The maximum atomic E-state index is 11.1. The summed E-state index contributed by atoms with van der Waals surface area (Å²) in [5.41, 5.74) is 0.943. The second-order valence-electron chi connectivity index (χ2n) is 2.76. The number of rotatable bonds is 2. The molecule has 0 radical (unpaired) electrons. The third-order valence-corrected chi connectivity index (χ3v) is 2.29. The molecule has 0 heterocycles. The third kappa shape index (κ3) is 4.04. The zero-order valence-corrected chi connectivity index (χ0v) is 11.6. The summed E-state index contributed by atoms with van der Waals surface area (Å²) in [6, 6.07) is 4.33. The molecule has 1 aromatic carbocycles. The summed E-state index contributed by atoms with van der Waals surface area (Å²) in [6.07, 6.45) is 0. The standard InChI is InChI=1S/C9H10O4S.Na/c1-6-3-7(9(10)13-2)5-8(4-6)14(11)12;/h3-5H,1-2H3,(H,11,12);/q;+1/p-1. The van der Waals surface area contributed by atoms with Crippen LogP contribution in [0.2, 0.25) is 0 Å².